The van der Waals surface area contributed by atoms with Crippen molar-refractivity contribution in [1.29, 1.82) is 0 Å². The van der Waals surface area contributed by atoms with Gasteiger partial charge in [0, 0.05) is 22.5 Å². The van der Waals surface area contributed by atoms with E-state index in [-0.39, 0.29) is 5.91 Å². The number of rotatable bonds is 1. The number of H-pyrrole nitrogens is 1. The van der Waals surface area contributed by atoms with E-state index in [4.69, 9.17) is 0 Å². The third-order valence-corrected chi connectivity index (χ3v) is 3.89. The second kappa shape index (κ2) is 4.35. The minimum absolute atomic E-state index is 0.0436. The van der Waals surface area contributed by atoms with Crippen LogP contribution in [0.1, 0.15) is 16.8 Å². The van der Waals surface area contributed by atoms with Crippen LogP contribution in [0.5, 0.6) is 0 Å². The Morgan fingerprint density at radius 2 is 1.90 bits per heavy atom. The Hall–Kier alpha value is -2.81. The number of benzene rings is 2. The van der Waals surface area contributed by atoms with Crippen LogP contribution in [-0.4, -0.2) is 10.9 Å². The molecule has 0 saturated heterocycles. The Bertz CT molecular complexity index is 869. The molecule has 1 aliphatic rings. The van der Waals surface area contributed by atoms with Crippen molar-refractivity contribution < 1.29 is 4.79 Å². The summed E-state index contributed by atoms with van der Waals surface area (Å²) < 4.78 is 0. The van der Waals surface area contributed by atoms with Gasteiger partial charge in [-0.25, -0.2) is 0 Å². The molecule has 0 unspecified atom stereocenters. The van der Waals surface area contributed by atoms with Crippen LogP contribution >= 0.6 is 0 Å². The van der Waals surface area contributed by atoms with Crippen molar-refractivity contribution in [2.75, 3.05) is 5.32 Å². The van der Waals surface area contributed by atoms with Crippen molar-refractivity contribution in [2.24, 2.45) is 0 Å². The van der Waals surface area contributed by atoms with Gasteiger partial charge in [-0.2, -0.15) is 0 Å². The molecule has 0 saturated carbocycles. The van der Waals surface area contributed by atoms with Gasteiger partial charge in [0.05, 0.1) is 5.57 Å². The molecular formula is C18H14N2O. The number of aromatic amines is 1. The van der Waals surface area contributed by atoms with Crippen molar-refractivity contribution in [3.8, 4) is 0 Å². The lowest BCUT2D eigenvalue weighted by Gasteiger charge is -2.02. The van der Waals surface area contributed by atoms with E-state index in [0.29, 0.717) is 0 Å². The van der Waals surface area contributed by atoms with Crippen LogP contribution in [-0.2, 0) is 4.79 Å². The van der Waals surface area contributed by atoms with Gasteiger partial charge in [0.2, 0.25) is 0 Å². The monoisotopic (exact) mass is 274 g/mol. The molecule has 0 radical (unpaired) electrons. The lowest BCUT2D eigenvalue weighted by molar-refractivity contribution is -0.110. The second-order valence-corrected chi connectivity index (χ2v) is 5.32. The maximum absolute atomic E-state index is 12.2. The maximum atomic E-state index is 12.2. The van der Waals surface area contributed by atoms with Gasteiger partial charge in [-0.15, -0.1) is 0 Å². The Morgan fingerprint density at radius 1 is 1.05 bits per heavy atom. The molecule has 21 heavy (non-hydrogen) atoms. The van der Waals surface area contributed by atoms with Gasteiger partial charge in [0.15, 0.2) is 0 Å². The lowest BCUT2D eigenvalue weighted by Crippen LogP contribution is -2.03. The first-order chi connectivity index (χ1) is 10.2. The fourth-order valence-electron chi connectivity index (χ4n) is 2.90. The average Bonchev–Trinajstić information content (AvgIpc) is 3.01. The average molecular weight is 274 g/mol. The topological polar surface area (TPSA) is 44.9 Å². The van der Waals surface area contributed by atoms with E-state index in [9.17, 15) is 4.79 Å². The Morgan fingerprint density at radius 3 is 2.76 bits per heavy atom. The molecule has 102 valence electrons. The molecule has 1 aliphatic heterocycles. The Kier molecular flexibility index (Phi) is 2.48. The van der Waals surface area contributed by atoms with Crippen LogP contribution in [0, 0.1) is 6.92 Å². The van der Waals surface area contributed by atoms with E-state index in [2.05, 4.69) is 22.4 Å². The van der Waals surface area contributed by atoms with E-state index in [1.807, 2.05) is 49.4 Å². The van der Waals surface area contributed by atoms with Gasteiger partial charge in [-0.3, -0.25) is 4.79 Å². The normalized spacial score (nSPS) is 15.5. The molecule has 0 aliphatic carbocycles. The Balaban J connectivity index is 1.88. The summed E-state index contributed by atoms with van der Waals surface area (Å²) in [7, 11) is 0. The first kappa shape index (κ1) is 12.0. The highest BCUT2D eigenvalue weighted by atomic mass is 16.2. The van der Waals surface area contributed by atoms with E-state index in [1.54, 1.807) is 0 Å². The number of carbonyl (C=O) groups excluding carboxylic acids is 1. The molecule has 1 amide bonds. The number of carbonyl (C=O) groups is 1. The molecular weight excluding hydrogens is 260 g/mol. The molecule has 0 spiro atoms. The number of aromatic nitrogens is 1. The summed E-state index contributed by atoms with van der Waals surface area (Å²) in [5.41, 5.74) is 5.73. The fourth-order valence-corrected chi connectivity index (χ4v) is 2.90. The van der Waals surface area contributed by atoms with Crippen molar-refractivity contribution in [3.05, 3.63) is 65.4 Å². The molecule has 1 aromatic heterocycles. The number of aryl methyl sites for hydroxylation is 1. The number of amides is 1. The van der Waals surface area contributed by atoms with Crippen molar-refractivity contribution in [3.63, 3.8) is 0 Å². The summed E-state index contributed by atoms with van der Waals surface area (Å²) >= 11 is 0. The number of fused-ring (bicyclic) bond motifs is 2. The zero-order valence-electron chi connectivity index (χ0n) is 11.6. The van der Waals surface area contributed by atoms with E-state index in [0.717, 1.165) is 39.0 Å². The van der Waals surface area contributed by atoms with Gasteiger partial charge in [0.1, 0.15) is 0 Å². The summed E-state index contributed by atoms with van der Waals surface area (Å²) in [5.74, 6) is -0.0436. The van der Waals surface area contributed by atoms with E-state index < -0.39 is 0 Å². The maximum Gasteiger partial charge on any atom is 0.256 e. The molecule has 0 bridgehead atoms. The second-order valence-electron chi connectivity index (χ2n) is 5.32. The van der Waals surface area contributed by atoms with E-state index >= 15 is 0 Å². The third kappa shape index (κ3) is 1.86. The quantitative estimate of drug-likeness (QED) is 0.648. The minimum atomic E-state index is -0.0436. The molecule has 2 aromatic carbocycles. The van der Waals surface area contributed by atoms with Crippen LogP contribution in [0.25, 0.3) is 22.6 Å². The first-order valence-electron chi connectivity index (χ1n) is 6.93. The molecule has 3 aromatic rings. The highest BCUT2D eigenvalue weighted by molar-refractivity contribution is 6.35. The third-order valence-electron chi connectivity index (χ3n) is 3.89. The highest BCUT2D eigenvalue weighted by Crippen LogP contribution is 2.35. The van der Waals surface area contributed by atoms with Crippen LogP contribution < -0.4 is 5.32 Å². The predicted octanol–water partition coefficient (Wildman–Crippen LogP) is 3.97. The number of para-hydroxylation sites is 1. The van der Waals surface area contributed by atoms with Gasteiger partial charge >= 0.3 is 0 Å². The lowest BCUT2D eigenvalue weighted by atomic mass is 10.0. The summed E-state index contributed by atoms with van der Waals surface area (Å²) in [4.78, 5) is 15.5. The largest absolute Gasteiger partial charge is 0.355 e. The molecule has 0 fully saturated rings. The minimum Gasteiger partial charge on any atom is -0.355 e. The van der Waals surface area contributed by atoms with Crippen molar-refractivity contribution in [2.45, 2.75) is 6.92 Å². The summed E-state index contributed by atoms with van der Waals surface area (Å²) in [6, 6.07) is 16.1. The summed E-state index contributed by atoms with van der Waals surface area (Å²) in [6.07, 6.45) is 1.92. The number of hydrogen-bond donors (Lipinski definition) is 2. The SMILES string of the molecule is Cc1cccc2c1C(=Cc1cc3ccccc3[nH]1)C(=O)N2. The van der Waals surface area contributed by atoms with Crippen LogP contribution in [0.4, 0.5) is 5.69 Å². The highest BCUT2D eigenvalue weighted by Gasteiger charge is 2.25. The summed E-state index contributed by atoms with van der Waals surface area (Å²) in [5, 5.41) is 4.07. The van der Waals surface area contributed by atoms with Crippen molar-refractivity contribution in [1.82, 2.24) is 4.98 Å². The molecule has 4 rings (SSSR count). The van der Waals surface area contributed by atoms with Crippen LogP contribution in [0.2, 0.25) is 0 Å². The van der Waals surface area contributed by atoms with Gasteiger partial charge in [-0.1, -0.05) is 30.3 Å². The standard InChI is InChI=1S/C18H14N2O/c1-11-5-4-8-16-17(11)14(18(21)20-16)10-13-9-12-6-2-3-7-15(12)19-13/h2-10,19H,1H3,(H,20,21). The fraction of sp³-hybridized carbons (Fsp3) is 0.0556. The Labute approximate surface area is 122 Å². The zero-order chi connectivity index (χ0) is 14.4. The van der Waals surface area contributed by atoms with Gasteiger partial charge in [0.25, 0.3) is 5.91 Å². The predicted molar refractivity (Wildman–Crippen MR) is 86.0 cm³/mol. The first-order valence-corrected chi connectivity index (χ1v) is 6.93. The van der Waals surface area contributed by atoms with Crippen LogP contribution in [0.3, 0.4) is 0 Å². The molecule has 2 heterocycles. The molecule has 0 atom stereocenters. The smallest absolute Gasteiger partial charge is 0.256 e. The number of nitrogens with one attached hydrogen (secondary N) is 2. The van der Waals surface area contributed by atoms with Gasteiger partial charge in [-0.05, 0) is 42.1 Å². The van der Waals surface area contributed by atoms with Crippen molar-refractivity contribution >= 4 is 34.1 Å². The number of hydrogen-bond acceptors (Lipinski definition) is 1. The van der Waals surface area contributed by atoms with Gasteiger partial charge < -0.3 is 10.3 Å². The number of anilines is 1. The van der Waals surface area contributed by atoms with E-state index in [1.165, 1.54) is 0 Å². The molecule has 3 nitrogen and oxygen atoms in total. The molecule has 3 heteroatoms. The molecule has 2 N–H and O–H groups in total. The van der Waals surface area contributed by atoms with Crippen LogP contribution in [0.15, 0.2) is 48.5 Å². The summed E-state index contributed by atoms with van der Waals surface area (Å²) in [6.45, 7) is 2.03. The zero-order valence-corrected chi connectivity index (χ0v) is 11.6.